The Morgan fingerprint density at radius 2 is 1.16 bits per heavy atom. The number of hydrogen-bond acceptors (Lipinski definition) is 7. The molecule has 0 bridgehead atoms. The van der Waals surface area contributed by atoms with E-state index in [1.54, 1.807) is 22.2 Å². The van der Waals surface area contributed by atoms with Crippen LogP contribution in [0, 0.1) is 0 Å². The van der Waals surface area contributed by atoms with Crippen molar-refractivity contribution in [2.24, 2.45) is 0 Å². The van der Waals surface area contributed by atoms with Crippen molar-refractivity contribution in [2.45, 2.75) is 106 Å². The van der Waals surface area contributed by atoms with E-state index in [9.17, 15) is 9.59 Å². The topological polar surface area (TPSA) is 126 Å². The maximum atomic E-state index is 12.7. The molecule has 0 spiro atoms. The lowest BCUT2D eigenvalue weighted by Gasteiger charge is -2.26. The second kappa shape index (κ2) is 16.6. The van der Waals surface area contributed by atoms with Gasteiger partial charge < -0.3 is 34.0 Å². The van der Waals surface area contributed by atoms with Gasteiger partial charge in [-0.1, -0.05) is 56.3 Å². The first-order valence-corrected chi connectivity index (χ1v) is 17.0. The number of aromatic amines is 2. The summed E-state index contributed by atoms with van der Waals surface area (Å²) in [6.07, 6.45) is 4.54. The van der Waals surface area contributed by atoms with Crippen LogP contribution in [0.15, 0.2) is 60.9 Å². The highest BCUT2D eigenvalue weighted by Crippen LogP contribution is 2.22. The van der Waals surface area contributed by atoms with Gasteiger partial charge >= 0.3 is 12.2 Å². The molecule has 2 aromatic heterocycles. The van der Waals surface area contributed by atoms with Crippen LogP contribution in [0.5, 0.6) is 0 Å². The highest BCUT2D eigenvalue weighted by Gasteiger charge is 2.24. The molecule has 0 radical (unpaired) electrons. The lowest BCUT2D eigenvalue weighted by Crippen LogP contribution is -2.37. The summed E-state index contributed by atoms with van der Waals surface area (Å²) in [5.41, 5.74) is 4.73. The monoisotopic (exact) mass is 672 g/mol. The Labute approximate surface area is 290 Å². The maximum Gasteiger partial charge on any atom is 0.410 e. The van der Waals surface area contributed by atoms with Gasteiger partial charge in [0.1, 0.15) is 22.9 Å². The van der Waals surface area contributed by atoms with Crippen molar-refractivity contribution in [2.75, 3.05) is 13.1 Å². The van der Waals surface area contributed by atoms with Crippen molar-refractivity contribution in [3.05, 3.63) is 83.7 Å². The van der Waals surface area contributed by atoms with Gasteiger partial charge in [0.2, 0.25) is 0 Å². The van der Waals surface area contributed by atoms with E-state index < -0.39 is 11.2 Å². The molecule has 264 valence electrons. The van der Waals surface area contributed by atoms with Crippen LogP contribution in [-0.4, -0.2) is 66.2 Å². The molecule has 11 nitrogen and oxygen atoms in total. The fourth-order valence-electron chi connectivity index (χ4n) is 5.10. The maximum absolute atomic E-state index is 12.7. The van der Waals surface area contributed by atoms with Gasteiger partial charge in [-0.2, -0.15) is 0 Å². The fraction of sp³-hybridized carbons (Fsp3) is 0.474. The number of ether oxygens (including phenoxy) is 3. The van der Waals surface area contributed by atoms with Gasteiger partial charge in [-0.25, -0.2) is 19.6 Å². The van der Waals surface area contributed by atoms with Gasteiger partial charge in [0.15, 0.2) is 0 Å². The van der Waals surface area contributed by atoms with Gasteiger partial charge in [0.05, 0.1) is 50.1 Å². The molecule has 2 N–H and O–H groups in total. The average Bonchev–Trinajstić information content (AvgIpc) is 3.70. The van der Waals surface area contributed by atoms with E-state index in [0.29, 0.717) is 51.0 Å². The molecule has 2 heterocycles. The average molecular weight is 673 g/mol. The number of carbonyl (C=O) groups is 2. The Balaban J connectivity index is 1.30. The third-order valence-electron chi connectivity index (χ3n) is 7.27. The number of amides is 2. The molecule has 2 amide bonds. The van der Waals surface area contributed by atoms with Crippen molar-refractivity contribution in [1.82, 2.24) is 29.7 Å². The zero-order valence-corrected chi connectivity index (χ0v) is 30.3. The van der Waals surface area contributed by atoms with Crippen LogP contribution < -0.4 is 0 Å². The molecule has 0 unspecified atom stereocenters. The Kier molecular flexibility index (Phi) is 12.6. The normalized spacial score (nSPS) is 11.8. The smallest absolute Gasteiger partial charge is 0.410 e. The van der Waals surface area contributed by atoms with E-state index in [2.05, 4.69) is 26.0 Å². The minimum Gasteiger partial charge on any atom is -0.444 e. The van der Waals surface area contributed by atoms with Crippen LogP contribution in [0.4, 0.5) is 9.59 Å². The number of nitrogens with zero attached hydrogens (tertiary/aromatic N) is 4. The largest absolute Gasteiger partial charge is 0.444 e. The Morgan fingerprint density at radius 3 is 1.65 bits per heavy atom. The van der Waals surface area contributed by atoms with Gasteiger partial charge in [0.25, 0.3) is 0 Å². The molecule has 11 heteroatoms. The van der Waals surface area contributed by atoms with E-state index in [0.717, 1.165) is 46.5 Å². The summed E-state index contributed by atoms with van der Waals surface area (Å²) in [7, 11) is 0. The summed E-state index contributed by atoms with van der Waals surface area (Å²) < 4.78 is 17.2. The van der Waals surface area contributed by atoms with Crippen LogP contribution in [0.2, 0.25) is 0 Å². The molecule has 0 aliphatic heterocycles. The molecule has 0 aliphatic carbocycles. The molecule has 2 aromatic carbocycles. The molecule has 0 saturated heterocycles. The van der Waals surface area contributed by atoms with Crippen LogP contribution in [0.1, 0.15) is 91.0 Å². The fourth-order valence-corrected chi connectivity index (χ4v) is 5.10. The summed E-state index contributed by atoms with van der Waals surface area (Å²) in [5, 5.41) is 0. The number of aromatic nitrogens is 4. The Morgan fingerprint density at radius 1 is 0.673 bits per heavy atom. The second-order valence-corrected chi connectivity index (χ2v) is 14.2. The lowest BCUT2D eigenvalue weighted by atomic mass is 10.1. The summed E-state index contributed by atoms with van der Waals surface area (Å²) in [5.74, 6) is 1.40. The summed E-state index contributed by atoms with van der Waals surface area (Å²) in [6, 6.07) is 16.3. The zero-order valence-electron chi connectivity index (χ0n) is 30.3. The second-order valence-electron chi connectivity index (χ2n) is 14.2. The van der Waals surface area contributed by atoms with Crippen LogP contribution in [-0.2, 0) is 40.5 Å². The highest BCUT2D eigenvalue weighted by atomic mass is 16.6. The number of nitrogens with one attached hydrogen (secondary N) is 2. The van der Waals surface area contributed by atoms with Gasteiger partial charge in [-0.05, 0) is 82.7 Å². The first kappa shape index (κ1) is 37.2. The standard InChI is InChI=1S/C38H52N6O5/c1-9-18-43(35(45)48-37(3,4)5)23-33-39-21-31(41-33)29-16-14-27(15-17-29)25-47-26-28-12-11-13-30(20-28)32-22-40-34(42-32)24-44(19-10-2)36(46)49-38(6,7)8/h11-17,20-22H,9-10,18-19,23-26H2,1-8H3,(H,39,41)(H,40,42). The molecule has 4 rings (SSSR count). The first-order chi connectivity index (χ1) is 23.2. The Bertz CT molecular complexity index is 1650. The van der Waals surface area contributed by atoms with Crippen LogP contribution in [0.25, 0.3) is 22.5 Å². The summed E-state index contributed by atoms with van der Waals surface area (Å²) >= 11 is 0. The number of benzene rings is 2. The predicted octanol–water partition coefficient (Wildman–Crippen LogP) is 8.48. The van der Waals surface area contributed by atoms with E-state index >= 15 is 0 Å². The van der Waals surface area contributed by atoms with Crippen molar-refractivity contribution in [3.63, 3.8) is 0 Å². The SMILES string of the molecule is CCCN(Cc1ncc(-c2ccc(COCc3cccc(-c4cnc(CN(CCC)C(=O)OC(C)(C)C)[nH]4)c3)cc2)[nH]1)C(=O)OC(C)(C)C. The highest BCUT2D eigenvalue weighted by molar-refractivity contribution is 5.68. The lowest BCUT2D eigenvalue weighted by molar-refractivity contribution is 0.0219. The number of hydrogen-bond donors (Lipinski definition) is 2. The molecule has 4 aromatic rings. The van der Waals surface area contributed by atoms with E-state index in [4.69, 9.17) is 14.2 Å². The van der Waals surface area contributed by atoms with E-state index in [1.807, 2.05) is 97.9 Å². The van der Waals surface area contributed by atoms with Crippen molar-refractivity contribution >= 4 is 12.2 Å². The van der Waals surface area contributed by atoms with E-state index in [1.165, 1.54) is 0 Å². The predicted molar refractivity (Wildman–Crippen MR) is 190 cm³/mol. The molecular formula is C38H52N6O5. The van der Waals surface area contributed by atoms with Gasteiger partial charge in [-0.3, -0.25) is 0 Å². The molecule has 0 saturated carbocycles. The molecule has 0 fully saturated rings. The van der Waals surface area contributed by atoms with E-state index in [-0.39, 0.29) is 12.2 Å². The van der Waals surface area contributed by atoms with Crippen LogP contribution >= 0.6 is 0 Å². The number of imidazole rings is 2. The zero-order chi connectivity index (χ0) is 35.6. The Hall–Kier alpha value is -4.64. The van der Waals surface area contributed by atoms with Crippen molar-refractivity contribution in [1.29, 1.82) is 0 Å². The van der Waals surface area contributed by atoms with Gasteiger partial charge in [-0.15, -0.1) is 0 Å². The number of rotatable bonds is 14. The number of carbonyl (C=O) groups excluding carboxylic acids is 2. The molecule has 0 atom stereocenters. The molecule has 49 heavy (non-hydrogen) atoms. The minimum absolute atomic E-state index is 0.343. The van der Waals surface area contributed by atoms with Crippen molar-refractivity contribution < 1.29 is 23.8 Å². The van der Waals surface area contributed by atoms with Crippen molar-refractivity contribution in [3.8, 4) is 22.5 Å². The minimum atomic E-state index is -0.558. The molecule has 0 aliphatic rings. The third kappa shape index (κ3) is 11.8. The van der Waals surface area contributed by atoms with Gasteiger partial charge in [0, 0.05) is 13.1 Å². The third-order valence-corrected chi connectivity index (χ3v) is 7.27. The summed E-state index contributed by atoms with van der Waals surface area (Å²) in [6.45, 7) is 18.0. The first-order valence-electron chi connectivity index (χ1n) is 17.0. The quantitative estimate of drug-likeness (QED) is 0.138. The van der Waals surface area contributed by atoms with Crippen LogP contribution in [0.3, 0.4) is 0 Å². The molecular weight excluding hydrogens is 620 g/mol. The summed E-state index contributed by atoms with van der Waals surface area (Å²) in [4.78, 5) is 44.4. The number of H-pyrrole nitrogens is 2.